The number of carbonyl (C=O) groups is 2. The van der Waals surface area contributed by atoms with Crippen molar-refractivity contribution >= 4 is 22.7 Å². The lowest BCUT2D eigenvalue weighted by Gasteiger charge is -2.23. The molecule has 2 amide bonds. The standard InChI is InChI=1S/C20H28N4O5/c1-11(2)18(19(26)22-12(3)4)23-17(25)9-24-10-21-14-8-16(29-6)15(28-5)7-13(14)20(24)27/h7-8,10-12,18H,9H2,1-6H3,(H,22,26)(H,23,25)/t18-/m0/s1. The topological polar surface area (TPSA) is 112 Å². The van der Waals surface area contributed by atoms with Crippen molar-refractivity contribution in [3.8, 4) is 11.5 Å². The summed E-state index contributed by atoms with van der Waals surface area (Å²) >= 11 is 0. The second kappa shape index (κ2) is 9.40. The average Bonchev–Trinajstić information content (AvgIpc) is 2.66. The minimum atomic E-state index is -0.696. The highest BCUT2D eigenvalue weighted by molar-refractivity contribution is 5.88. The van der Waals surface area contributed by atoms with Crippen molar-refractivity contribution < 1.29 is 19.1 Å². The molecule has 158 valence electrons. The number of hydrogen-bond acceptors (Lipinski definition) is 6. The van der Waals surface area contributed by atoms with E-state index in [0.717, 1.165) is 0 Å². The quantitative estimate of drug-likeness (QED) is 0.681. The molecule has 0 bridgehead atoms. The van der Waals surface area contributed by atoms with Gasteiger partial charge in [0.25, 0.3) is 5.56 Å². The summed E-state index contributed by atoms with van der Waals surface area (Å²) in [5.74, 6) is 0.0287. The van der Waals surface area contributed by atoms with E-state index in [4.69, 9.17) is 9.47 Å². The van der Waals surface area contributed by atoms with Crippen LogP contribution in [0.3, 0.4) is 0 Å². The molecular formula is C20H28N4O5. The van der Waals surface area contributed by atoms with Crippen molar-refractivity contribution in [3.63, 3.8) is 0 Å². The monoisotopic (exact) mass is 404 g/mol. The lowest BCUT2D eigenvalue weighted by molar-refractivity contribution is -0.130. The zero-order valence-electron chi connectivity index (χ0n) is 17.6. The van der Waals surface area contributed by atoms with Crippen LogP contribution >= 0.6 is 0 Å². The summed E-state index contributed by atoms with van der Waals surface area (Å²) in [5.41, 5.74) is 0.0412. The lowest BCUT2D eigenvalue weighted by atomic mass is 10.0. The SMILES string of the molecule is COc1cc2ncn(CC(=O)N[C@H](C(=O)NC(C)C)C(C)C)c(=O)c2cc1OC. The highest BCUT2D eigenvalue weighted by atomic mass is 16.5. The fourth-order valence-electron chi connectivity index (χ4n) is 2.88. The Kier molecular flexibility index (Phi) is 7.19. The molecule has 0 fully saturated rings. The lowest BCUT2D eigenvalue weighted by Crippen LogP contribution is -2.52. The van der Waals surface area contributed by atoms with Crippen LogP contribution in [-0.4, -0.2) is 47.7 Å². The Morgan fingerprint density at radius 3 is 2.24 bits per heavy atom. The molecule has 29 heavy (non-hydrogen) atoms. The molecule has 0 radical (unpaired) electrons. The van der Waals surface area contributed by atoms with Gasteiger partial charge in [-0.25, -0.2) is 4.98 Å². The fourth-order valence-corrected chi connectivity index (χ4v) is 2.88. The Hall–Kier alpha value is -3.10. The number of rotatable bonds is 8. The summed E-state index contributed by atoms with van der Waals surface area (Å²) in [5, 5.41) is 5.80. The molecule has 0 aliphatic rings. The van der Waals surface area contributed by atoms with Gasteiger partial charge in [0.1, 0.15) is 12.6 Å². The van der Waals surface area contributed by atoms with Crippen molar-refractivity contribution in [2.45, 2.75) is 46.3 Å². The molecule has 1 heterocycles. The fraction of sp³-hybridized carbons (Fsp3) is 0.500. The summed E-state index contributed by atoms with van der Waals surface area (Å²) in [7, 11) is 2.97. The summed E-state index contributed by atoms with van der Waals surface area (Å²) in [6, 6.07) is 2.40. The first-order chi connectivity index (χ1) is 13.7. The van der Waals surface area contributed by atoms with Crippen LogP contribution in [0, 0.1) is 5.92 Å². The molecule has 0 saturated heterocycles. The van der Waals surface area contributed by atoms with E-state index in [1.54, 1.807) is 6.07 Å². The number of ether oxygens (including phenoxy) is 2. The Morgan fingerprint density at radius 1 is 1.07 bits per heavy atom. The van der Waals surface area contributed by atoms with Crippen molar-refractivity contribution in [2.24, 2.45) is 5.92 Å². The third-order valence-electron chi connectivity index (χ3n) is 4.34. The van der Waals surface area contributed by atoms with Gasteiger partial charge in [0, 0.05) is 12.1 Å². The number of methoxy groups -OCH3 is 2. The predicted octanol–water partition coefficient (Wildman–Crippen LogP) is 1.08. The second-order valence-electron chi connectivity index (χ2n) is 7.35. The molecule has 0 saturated carbocycles. The maximum absolute atomic E-state index is 12.8. The average molecular weight is 404 g/mol. The molecule has 0 aliphatic heterocycles. The molecule has 9 heteroatoms. The molecular weight excluding hydrogens is 376 g/mol. The Balaban J connectivity index is 2.26. The zero-order chi connectivity index (χ0) is 21.7. The number of nitrogens with one attached hydrogen (secondary N) is 2. The van der Waals surface area contributed by atoms with Crippen LogP contribution in [0.1, 0.15) is 27.7 Å². The van der Waals surface area contributed by atoms with Crippen LogP contribution < -0.4 is 25.7 Å². The molecule has 2 aromatic rings. The minimum absolute atomic E-state index is 0.0417. The summed E-state index contributed by atoms with van der Waals surface area (Å²) in [6.07, 6.45) is 1.30. The van der Waals surface area contributed by atoms with Gasteiger partial charge in [-0.1, -0.05) is 13.8 Å². The van der Waals surface area contributed by atoms with E-state index in [2.05, 4.69) is 15.6 Å². The molecule has 2 N–H and O–H groups in total. The number of hydrogen-bond donors (Lipinski definition) is 2. The molecule has 0 aliphatic carbocycles. The van der Waals surface area contributed by atoms with Crippen LogP contribution in [0.5, 0.6) is 11.5 Å². The number of carbonyl (C=O) groups excluding carboxylic acids is 2. The van der Waals surface area contributed by atoms with E-state index in [9.17, 15) is 14.4 Å². The van der Waals surface area contributed by atoms with E-state index in [1.165, 1.54) is 31.2 Å². The molecule has 0 unspecified atom stereocenters. The molecule has 0 spiro atoms. The van der Waals surface area contributed by atoms with Gasteiger partial charge in [-0.3, -0.25) is 19.0 Å². The second-order valence-corrected chi connectivity index (χ2v) is 7.35. The van der Waals surface area contributed by atoms with E-state index < -0.39 is 11.9 Å². The van der Waals surface area contributed by atoms with Gasteiger partial charge in [0.2, 0.25) is 11.8 Å². The Bertz CT molecular complexity index is 952. The number of amides is 2. The maximum atomic E-state index is 12.8. The van der Waals surface area contributed by atoms with E-state index in [0.29, 0.717) is 22.4 Å². The Morgan fingerprint density at radius 2 is 1.69 bits per heavy atom. The Labute approximate surface area is 169 Å². The summed E-state index contributed by atoms with van der Waals surface area (Å²) in [4.78, 5) is 41.9. The van der Waals surface area contributed by atoms with Gasteiger partial charge in [-0.2, -0.15) is 0 Å². The predicted molar refractivity (Wildman–Crippen MR) is 109 cm³/mol. The third-order valence-corrected chi connectivity index (χ3v) is 4.34. The first-order valence-electron chi connectivity index (χ1n) is 9.38. The van der Waals surface area contributed by atoms with Crippen LogP contribution in [0.15, 0.2) is 23.3 Å². The van der Waals surface area contributed by atoms with Crippen molar-refractivity contribution in [3.05, 3.63) is 28.8 Å². The first-order valence-corrected chi connectivity index (χ1v) is 9.38. The smallest absolute Gasteiger partial charge is 0.261 e. The van der Waals surface area contributed by atoms with Crippen molar-refractivity contribution in [2.75, 3.05) is 14.2 Å². The number of nitrogens with zero attached hydrogens (tertiary/aromatic N) is 2. The van der Waals surface area contributed by atoms with Gasteiger partial charge in [-0.15, -0.1) is 0 Å². The molecule has 2 rings (SSSR count). The van der Waals surface area contributed by atoms with Crippen LogP contribution in [-0.2, 0) is 16.1 Å². The van der Waals surface area contributed by atoms with E-state index >= 15 is 0 Å². The van der Waals surface area contributed by atoms with Crippen LogP contribution in [0.2, 0.25) is 0 Å². The van der Waals surface area contributed by atoms with E-state index in [-0.39, 0.29) is 30.0 Å². The van der Waals surface area contributed by atoms with Gasteiger partial charge < -0.3 is 20.1 Å². The maximum Gasteiger partial charge on any atom is 0.261 e. The zero-order valence-corrected chi connectivity index (χ0v) is 17.6. The number of benzene rings is 1. The van der Waals surface area contributed by atoms with Gasteiger partial charge in [0.05, 0.1) is 31.4 Å². The van der Waals surface area contributed by atoms with E-state index in [1.807, 2.05) is 27.7 Å². The molecule has 9 nitrogen and oxygen atoms in total. The van der Waals surface area contributed by atoms with Crippen molar-refractivity contribution in [1.29, 1.82) is 0 Å². The largest absolute Gasteiger partial charge is 0.493 e. The van der Waals surface area contributed by atoms with Crippen LogP contribution in [0.4, 0.5) is 0 Å². The van der Waals surface area contributed by atoms with Crippen molar-refractivity contribution in [1.82, 2.24) is 20.2 Å². The van der Waals surface area contributed by atoms with Gasteiger partial charge >= 0.3 is 0 Å². The highest BCUT2D eigenvalue weighted by Crippen LogP contribution is 2.29. The first kappa shape index (κ1) is 22.2. The summed E-state index contributed by atoms with van der Waals surface area (Å²) in [6.45, 7) is 7.12. The van der Waals surface area contributed by atoms with Gasteiger partial charge in [0.15, 0.2) is 11.5 Å². The van der Waals surface area contributed by atoms with Gasteiger partial charge in [-0.05, 0) is 25.8 Å². The normalized spacial score (nSPS) is 12.1. The third kappa shape index (κ3) is 5.24. The minimum Gasteiger partial charge on any atom is -0.493 e. The highest BCUT2D eigenvalue weighted by Gasteiger charge is 2.25. The number of fused-ring (bicyclic) bond motifs is 1. The van der Waals surface area contributed by atoms with Crippen LogP contribution in [0.25, 0.3) is 10.9 Å². The summed E-state index contributed by atoms with van der Waals surface area (Å²) < 4.78 is 11.6. The number of aromatic nitrogens is 2. The molecule has 1 atom stereocenters. The molecule has 1 aromatic heterocycles. The molecule has 1 aromatic carbocycles.